The second-order valence-electron chi connectivity index (χ2n) is 6.90. The fraction of sp³-hybridized carbons (Fsp3) is 0.136. The van der Waals surface area contributed by atoms with Crippen molar-refractivity contribution >= 4 is 10.9 Å². The Kier molecular flexibility index (Phi) is 5.42. The van der Waals surface area contributed by atoms with E-state index in [1.165, 1.54) is 0 Å². The van der Waals surface area contributed by atoms with Crippen LogP contribution in [-0.2, 0) is 13.6 Å². The molecule has 0 fully saturated rings. The first-order valence-electron chi connectivity index (χ1n) is 9.51. The van der Waals surface area contributed by atoms with Gasteiger partial charge in [0.05, 0.1) is 11.4 Å². The number of nitrogens with zero attached hydrogens (tertiary/aromatic N) is 3. The lowest BCUT2D eigenvalue weighted by Crippen LogP contribution is -2.28. The molecule has 2 aromatic heterocycles. The van der Waals surface area contributed by atoms with E-state index in [4.69, 9.17) is 9.05 Å². The van der Waals surface area contributed by atoms with Gasteiger partial charge in [-0.05, 0) is 49.0 Å². The molecular weight excluding hydrogens is 400 g/mol. The molecule has 0 aliphatic heterocycles. The van der Waals surface area contributed by atoms with Crippen molar-refractivity contribution < 1.29 is 9.05 Å². The van der Waals surface area contributed by atoms with Gasteiger partial charge in [-0.2, -0.15) is 0 Å². The number of fused-ring (bicyclic) bond motifs is 1. The van der Waals surface area contributed by atoms with E-state index in [1.54, 1.807) is 43.4 Å². The van der Waals surface area contributed by atoms with E-state index in [9.17, 15) is 14.4 Å². The number of aryl methyl sites for hydroxylation is 1. The highest BCUT2D eigenvalue weighted by atomic mass is 16.5. The van der Waals surface area contributed by atoms with E-state index in [0.29, 0.717) is 17.9 Å². The summed E-state index contributed by atoms with van der Waals surface area (Å²) < 4.78 is 14.1. The maximum atomic E-state index is 13.4. The zero-order chi connectivity index (χ0) is 22.0. The van der Waals surface area contributed by atoms with Gasteiger partial charge >= 0.3 is 16.9 Å². The summed E-state index contributed by atoms with van der Waals surface area (Å²) in [6.07, 6.45) is 1.88. The Bertz CT molecular complexity index is 1480. The fourth-order valence-electron chi connectivity index (χ4n) is 3.26. The van der Waals surface area contributed by atoms with E-state index in [-0.39, 0.29) is 0 Å². The maximum absolute atomic E-state index is 13.4. The van der Waals surface area contributed by atoms with E-state index >= 15 is 0 Å². The topological polar surface area (TPSA) is 104 Å². The van der Waals surface area contributed by atoms with Crippen LogP contribution in [0.25, 0.3) is 22.3 Å². The average Bonchev–Trinajstić information content (AvgIpc) is 3.15. The molecule has 0 radical (unpaired) electrons. The molecule has 0 aliphatic rings. The summed E-state index contributed by atoms with van der Waals surface area (Å²) in [6, 6.07) is 15.8. The summed E-state index contributed by atoms with van der Waals surface area (Å²) in [5.74, 6) is 0. The van der Waals surface area contributed by atoms with Crippen molar-refractivity contribution in [2.75, 3.05) is 7.05 Å². The van der Waals surface area contributed by atoms with Gasteiger partial charge in [-0.1, -0.05) is 12.1 Å². The smallest absolute Gasteiger partial charge is 0.351 e. The molecule has 4 rings (SSSR count). The molecule has 1 N–H and O–H groups in total. The van der Waals surface area contributed by atoms with Gasteiger partial charge in [0, 0.05) is 42.8 Å². The molecule has 0 amide bonds. The number of hydrogen-bond donors (Lipinski definition) is 1. The third-order valence-corrected chi connectivity index (χ3v) is 4.69. The van der Waals surface area contributed by atoms with Crippen LogP contribution in [0, 0.1) is 0 Å². The van der Waals surface area contributed by atoms with Crippen LogP contribution in [0.15, 0.2) is 90.3 Å². The van der Waals surface area contributed by atoms with Crippen molar-refractivity contribution in [3.63, 3.8) is 0 Å². The summed E-state index contributed by atoms with van der Waals surface area (Å²) in [6.45, 7) is 0.549. The summed E-state index contributed by atoms with van der Waals surface area (Å²) in [5, 5.41) is 3.87. The van der Waals surface area contributed by atoms with Gasteiger partial charge < -0.3 is 18.9 Å². The lowest BCUT2D eigenvalue weighted by molar-refractivity contribution is 0.243. The number of rotatable bonds is 4. The van der Waals surface area contributed by atoms with Crippen molar-refractivity contribution in [1.29, 1.82) is 0 Å². The van der Waals surface area contributed by atoms with Crippen molar-refractivity contribution in [1.82, 2.24) is 19.4 Å². The van der Waals surface area contributed by atoms with Gasteiger partial charge in [-0.3, -0.25) is 0 Å². The van der Waals surface area contributed by atoms with Crippen molar-refractivity contribution in [3.8, 4) is 11.4 Å². The summed E-state index contributed by atoms with van der Waals surface area (Å²) in [7, 11) is 3.70. The van der Waals surface area contributed by atoms with Crippen molar-refractivity contribution in [2.24, 2.45) is 7.05 Å². The van der Waals surface area contributed by atoms with E-state index in [2.05, 4.69) is 5.32 Å². The molecule has 2 aromatic carbocycles. The molecule has 0 aliphatic carbocycles. The fourth-order valence-corrected chi connectivity index (χ4v) is 3.26. The molecule has 0 spiro atoms. The van der Waals surface area contributed by atoms with Crippen LogP contribution in [0.5, 0.6) is 0 Å². The van der Waals surface area contributed by atoms with Gasteiger partial charge in [0.1, 0.15) is 0 Å². The van der Waals surface area contributed by atoms with Crippen LogP contribution in [0.3, 0.4) is 0 Å². The van der Waals surface area contributed by atoms with Gasteiger partial charge in [0.25, 0.3) is 0 Å². The molecule has 0 bridgehead atoms. The zero-order valence-corrected chi connectivity index (χ0v) is 16.9. The molecule has 0 saturated carbocycles. The zero-order valence-electron chi connectivity index (χ0n) is 16.9. The number of aromatic nitrogens is 3. The van der Waals surface area contributed by atoms with Crippen molar-refractivity contribution in [2.45, 2.75) is 6.54 Å². The predicted molar refractivity (Wildman–Crippen MR) is 115 cm³/mol. The largest absolute Gasteiger partial charge is 0.396 e. The Morgan fingerprint density at radius 1 is 0.839 bits per heavy atom. The highest BCUT2D eigenvalue weighted by molar-refractivity contribution is 5.82. The minimum Gasteiger partial charge on any atom is -0.351 e. The third-order valence-electron chi connectivity index (χ3n) is 4.69. The normalized spacial score (nSPS) is 10.9. The molecule has 31 heavy (non-hydrogen) atoms. The molecule has 0 saturated heterocycles. The first-order valence-corrected chi connectivity index (χ1v) is 9.51. The highest BCUT2D eigenvalue weighted by Crippen LogP contribution is 2.18. The molecule has 158 valence electrons. The maximum Gasteiger partial charge on any atom is 0.396 e. The van der Waals surface area contributed by atoms with E-state index in [0.717, 1.165) is 38.1 Å². The third kappa shape index (κ3) is 4.12. The Labute approximate surface area is 175 Å². The van der Waals surface area contributed by atoms with Crippen LogP contribution < -0.4 is 22.3 Å². The minimum atomic E-state index is -0.885. The predicted octanol–water partition coefficient (Wildman–Crippen LogP) is 1.87. The van der Waals surface area contributed by atoms with E-state index < -0.39 is 16.9 Å². The second kappa shape index (κ2) is 8.33. The SMILES string of the molecule is CNCc1cccc(-n2oc(=O)ccc(=O)on(-c3ccc4c(ccn4C)c3)c2=O)c1. The van der Waals surface area contributed by atoms with Crippen LogP contribution in [0.2, 0.25) is 0 Å². The number of benzene rings is 2. The Morgan fingerprint density at radius 2 is 1.52 bits per heavy atom. The highest BCUT2D eigenvalue weighted by Gasteiger charge is 2.11. The summed E-state index contributed by atoms with van der Waals surface area (Å²) in [4.78, 5) is 37.7. The quantitative estimate of drug-likeness (QED) is 0.541. The van der Waals surface area contributed by atoms with Crippen LogP contribution in [0.1, 0.15) is 5.56 Å². The first kappa shape index (κ1) is 20.2. The summed E-state index contributed by atoms with van der Waals surface area (Å²) in [5.41, 5.74) is -0.206. The lowest BCUT2D eigenvalue weighted by atomic mass is 10.2. The Morgan fingerprint density at radius 3 is 2.19 bits per heavy atom. The standard InChI is InChI=1S/C22H20N4O5/c1-23-14-15-4-3-5-17(12-15)25-22(29)26(31-21(28)9-8-20(27)30-25)18-6-7-19-16(13-18)10-11-24(19)2/h3-13,23H,14H2,1-2H3. The molecule has 4 aromatic rings. The van der Waals surface area contributed by atoms with Crippen LogP contribution in [-0.4, -0.2) is 21.1 Å². The molecule has 9 nitrogen and oxygen atoms in total. The number of nitrogens with one attached hydrogen (secondary N) is 1. The van der Waals surface area contributed by atoms with Crippen molar-refractivity contribution in [3.05, 3.63) is 104 Å². The average molecular weight is 420 g/mol. The Hall–Kier alpha value is -4.11. The summed E-state index contributed by atoms with van der Waals surface area (Å²) >= 11 is 0. The number of hydrogen-bond acceptors (Lipinski definition) is 6. The van der Waals surface area contributed by atoms with Gasteiger partial charge in [-0.25, -0.2) is 14.4 Å². The minimum absolute atomic E-state index is 0.305. The van der Waals surface area contributed by atoms with Gasteiger partial charge in [0.15, 0.2) is 0 Å². The molecular formula is C22H20N4O5. The first-order chi connectivity index (χ1) is 15.0. The Balaban J connectivity index is 2.05. The van der Waals surface area contributed by atoms with Gasteiger partial charge in [0.2, 0.25) is 0 Å². The van der Waals surface area contributed by atoms with Gasteiger partial charge in [-0.15, -0.1) is 9.48 Å². The molecule has 0 unspecified atom stereocenters. The van der Waals surface area contributed by atoms with Crippen LogP contribution in [0.4, 0.5) is 0 Å². The molecule has 9 heteroatoms. The molecule has 2 heterocycles. The van der Waals surface area contributed by atoms with E-state index in [1.807, 2.05) is 29.9 Å². The van der Waals surface area contributed by atoms with Crippen LogP contribution >= 0.6 is 0 Å². The molecule has 0 atom stereocenters. The second-order valence-corrected chi connectivity index (χ2v) is 6.90. The monoisotopic (exact) mass is 420 g/mol. The lowest BCUT2D eigenvalue weighted by Gasteiger charge is -2.07.